The minimum absolute atomic E-state index is 0.00371. The van der Waals surface area contributed by atoms with Crippen molar-refractivity contribution in [3.63, 3.8) is 0 Å². The van der Waals surface area contributed by atoms with Gasteiger partial charge in [0.15, 0.2) is 6.10 Å². The first-order valence-electron chi connectivity index (χ1n) is 6.58. The summed E-state index contributed by atoms with van der Waals surface area (Å²) in [5.74, 6) is -1.19. The van der Waals surface area contributed by atoms with Gasteiger partial charge in [0.1, 0.15) is 5.15 Å². The summed E-state index contributed by atoms with van der Waals surface area (Å²) in [4.78, 5) is 27.2. The van der Waals surface area contributed by atoms with Gasteiger partial charge in [-0.3, -0.25) is 4.79 Å². The molecule has 0 aliphatic heterocycles. The highest BCUT2D eigenvalue weighted by Gasteiger charge is 2.27. The standard InChI is InChI=1S/C15H18ClNO4/c1-5-11-7-12(14(16)17-8-11)13(21-10(4)18)9(3)15(19)20-6-2/h7-8,13H,3,5-6H2,1-2,4H3. The van der Waals surface area contributed by atoms with Crippen LogP contribution in [0.5, 0.6) is 0 Å². The van der Waals surface area contributed by atoms with E-state index in [1.165, 1.54) is 6.92 Å². The molecule has 0 saturated carbocycles. The number of carbonyl (C=O) groups is 2. The molecule has 0 radical (unpaired) electrons. The summed E-state index contributed by atoms with van der Waals surface area (Å²) in [6.07, 6.45) is 1.35. The fourth-order valence-electron chi connectivity index (χ4n) is 1.71. The summed E-state index contributed by atoms with van der Waals surface area (Å²) in [7, 11) is 0. The molecule has 21 heavy (non-hydrogen) atoms. The van der Waals surface area contributed by atoms with Gasteiger partial charge in [0.25, 0.3) is 0 Å². The topological polar surface area (TPSA) is 65.5 Å². The van der Waals surface area contributed by atoms with Crippen LogP contribution in [-0.2, 0) is 25.5 Å². The molecular formula is C15H18ClNO4. The predicted octanol–water partition coefficient (Wildman–Crippen LogP) is 3.02. The van der Waals surface area contributed by atoms with Crippen molar-refractivity contribution >= 4 is 23.5 Å². The SMILES string of the molecule is C=C(C(=O)OCC)C(OC(C)=O)c1cc(CC)cnc1Cl. The third kappa shape index (κ3) is 4.56. The number of aromatic nitrogens is 1. The zero-order chi connectivity index (χ0) is 16.0. The number of pyridine rings is 1. The van der Waals surface area contributed by atoms with Crippen LogP contribution >= 0.6 is 11.6 Å². The number of nitrogens with zero attached hydrogens (tertiary/aromatic N) is 1. The Morgan fingerprint density at radius 2 is 2.10 bits per heavy atom. The van der Waals surface area contributed by atoms with Gasteiger partial charge in [-0.05, 0) is 25.0 Å². The van der Waals surface area contributed by atoms with Gasteiger partial charge in [-0.15, -0.1) is 0 Å². The molecule has 1 heterocycles. The monoisotopic (exact) mass is 311 g/mol. The van der Waals surface area contributed by atoms with E-state index in [4.69, 9.17) is 21.1 Å². The second-order valence-corrected chi connectivity index (χ2v) is 4.67. The third-order valence-corrected chi connectivity index (χ3v) is 3.07. The van der Waals surface area contributed by atoms with Gasteiger partial charge < -0.3 is 9.47 Å². The summed E-state index contributed by atoms with van der Waals surface area (Å²) in [6.45, 7) is 8.74. The molecule has 0 fully saturated rings. The highest BCUT2D eigenvalue weighted by Crippen LogP contribution is 2.31. The lowest BCUT2D eigenvalue weighted by Crippen LogP contribution is -2.19. The first-order chi connectivity index (χ1) is 9.90. The maximum atomic E-state index is 11.8. The van der Waals surface area contributed by atoms with Gasteiger partial charge in [0, 0.05) is 18.7 Å². The maximum absolute atomic E-state index is 11.8. The Morgan fingerprint density at radius 1 is 1.43 bits per heavy atom. The van der Waals surface area contributed by atoms with Crippen LogP contribution in [-0.4, -0.2) is 23.5 Å². The van der Waals surface area contributed by atoms with Gasteiger partial charge in [0.2, 0.25) is 0 Å². The lowest BCUT2D eigenvalue weighted by Gasteiger charge is -2.20. The maximum Gasteiger partial charge on any atom is 0.337 e. The predicted molar refractivity (Wildman–Crippen MR) is 78.9 cm³/mol. The van der Waals surface area contributed by atoms with Crippen molar-refractivity contribution in [3.8, 4) is 0 Å². The molecule has 5 nitrogen and oxygen atoms in total. The molecule has 6 heteroatoms. The van der Waals surface area contributed by atoms with Crippen molar-refractivity contribution in [1.82, 2.24) is 4.98 Å². The number of hydrogen-bond acceptors (Lipinski definition) is 5. The van der Waals surface area contributed by atoms with E-state index in [0.29, 0.717) is 5.56 Å². The van der Waals surface area contributed by atoms with Crippen molar-refractivity contribution in [2.24, 2.45) is 0 Å². The third-order valence-electron chi connectivity index (χ3n) is 2.75. The highest BCUT2D eigenvalue weighted by molar-refractivity contribution is 6.30. The van der Waals surface area contributed by atoms with Gasteiger partial charge >= 0.3 is 11.9 Å². The molecular weight excluding hydrogens is 294 g/mol. The van der Waals surface area contributed by atoms with E-state index in [1.807, 2.05) is 6.92 Å². The Kier molecular flexibility index (Phi) is 6.37. The molecule has 1 aromatic heterocycles. The molecule has 1 aromatic rings. The first-order valence-corrected chi connectivity index (χ1v) is 6.95. The van der Waals surface area contributed by atoms with E-state index in [9.17, 15) is 9.59 Å². The number of esters is 2. The molecule has 0 spiro atoms. The van der Waals surface area contributed by atoms with Crippen LogP contribution in [0.4, 0.5) is 0 Å². The molecule has 1 rings (SSSR count). The minimum atomic E-state index is -1.01. The van der Waals surface area contributed by atoms with E-state index in [0.717, 1.165) is 12.0 Å². The van der Waals surface area contributed by atoms with Crippen molar-refractivity contribution in [2.75, 3.05) is 6.61 Å². The Balaban J connectivity index is 3.21. The fraction of sp³-hybridized carbons (Fsp3) is 0.400. The van der Waals surface area contributed by atoms with Crippen LogP contribution in [0.25, 0.3) is 0 Å². The quantitative estimate of drug-likeness (QED) is 0.459. The number of halogens is 1. The summed E-state index contributed by atoms with van der Waals surface area (Å²) < 4.78 is 10.1. The Morgan fingerprint density at radius 3 is 2.62 bits per heavy atom. The smallest absolute Gasteiger partial charge is 0.337 e. The van der Waals surface area contributed by atoms with Gasteiger partial charge in [0.05, 0.1) is 12.2 Å². The number of aryl methyl sites for hydroxylation is 1. The van der Waals surface area contributed by atoms with Crippen molar-refractivity contribution in [3.05, 3.63) is 40.7 Å². The molecule has 0 bridgehead atoms. The van der Waals surface area contributed by atoms with Crippen LogP contribution < -0.4 is 0 Å². The van der Waals surface area contributed by atoms with Crippen molar-refractivity contribution in [2.45, 2.75) is 33.3 Å². The number of hydrogen-bond donors (Lipinski definition) is 0. The summed E-state index contributed by atoms with van der Waals surface area (Å²) in [5.41, 5.74) is 1.33. The fourth-order valence-corrected chi connectivity index (χ4v) is 1.91. The summed E-state index contributed by atoms with van der Waals surface area (Å²) in [6, 6.07) is 1.74. The van der Waals surface area contributed by atoms with Crippen molar-refractivity contribution in [1.29, 1.82) is 0 Å². The average molecular weight is 312 g/mol. The lowest BCUT2D eigenvalue weighted by molar-refractivity contribution is -0.147. The zero-order valence-electron chi connectivity index (χ0n) is 12.3. The largest absolute Gasteiger partial charge is 0.463 e. The van der Waals surface area contributed by atoms with E-state index >= 15 is 0 Å². The molecule has 0 amide bonds. The molecule has 0 aromatic carbocycles. The number of ether oxygens (including phenoxy) is 2. The average Bonchev–Trinajstić information content (AvgIpc) is 2.45. The molecule has 1 unspecified atom stereocenters. The molecule has 0 saturated heterocycles. The Hall–Kier alpha value is -1.88. The van der Waals surface area contributed by atoms with Crippen LogP contribution in [0.2, 0.25) is 5.15 Å². The number of carbonyl (C=O) groups excluding carboxylic acids is 2. The van der Waals surface area contributed by atoms with Crippen LogP contribution in [0.15, 0.2) is 24.4 Å². The van der Waals surface area contributed by atoms with Gasteiger partial charge in [-0.2, -0.15) is 0 Å². The minimum Gasteiger partial charge on any atom is -0.463 e. The second kappa shape index (κ2) is 7.78. The van der Waals surface area contributed by atoms with Gasteiger partial charge in [-0.25, -0.2) is 9.78 Å². The van der Waals surface area contributed by atoms with Crippen LogP contribution in [0.3, 0.4) is 0 Å². The van der Waals surface area contributed by atoms with Crippen LogP contribution in [0.1, 0.15) is 38.0 Å². The van der Waals surface area contributed by atoms with Crippen LogP contribution in [0, 0.1) is 0 Å². The molecule has 0 N–H and O–H groups in total. The van der Waals surface area contributed by atoms with Crippen molar-refractivity contribution < 1.29 is 19.1 Å². The second-order valence-electron chi connectivity index (χ2n) is 4.31. The number of rotatable bonds is 6. The summed E-state index contributed by atoms with van der Waals surface area (Å²) >= 11 is 6.06. The molecule has 0 aliphatic carbocycles. The lowest BCUT2D eigenvalue weighted by atomic mass is 10.0. The van der Waals surface area contributed by atoms with E-state index in [-0.39, 0.29) is 17.3 Å². The van der Waals surface area contributed by atoms with Gasteiger partial charge in [-0.1, -0.05) is 25.1 Å². The van der Waals surface area contributed by atoms with E-state index in [2.05, 4.69) is 11.6 Å². The highest BCUT2D eigenvalue weighted by atomic mass is 35.5. The summed E-state index contributed by atoms with van der Waals surface area (Å²) in [5, 5.41) is 0.156. The first kappa shape index (κ1) is 17.2. The zero-order valence-corrected chi connectivity index (χ0v) is 13.1. The van der Waals surface area contributed by atoms with E-state index < -0.39 is 18.0 Å². The Bertz CT molecular complexity index is 557. The molecule has 114 valence electrons. The molecule has 0 aliphatic rings. The Labute approximate surface area is 128 Å². The van der Waals surface area contributed by atoms with E-state index in [1.54, 1.807) is 19.2 Å². The normalized spacial score (nSPS) is 11.6. The molecule has 1 atom stereocenters.